The Morgan fingerprint density at radius 2 is 2.24 bits per heavy atom. The molecule has 0 unspecified atom stereocenters. The SMILES string of the molecule is O=C(O)c1ccnc(SC2CCOCC2)c1Cl. The number of hydrogen-bond donors (Lipinski definition) is 1. The molecule has 1 saturated heterocycles. The first kappa shape index (κ1) is 12.7. The highest BCUT2D eigenvalue weighted by atomic mass is 35.5. The molecule has 1 N–H and O–H groups in total. The van der Waals surface area contributed by atoms with Gasteiger partial charge in [0.25, 0.3) is 0 Å². The highest BCUT2D eigenvalue weighted by Gasteiger charge is 2.19. The third kappa shape index (κ3) is 3.12. The van der Waals surface area contributed by atoms with Gasteiger partial charge < -0.3 is 9.84 Å². The molecule has 1 fully saturated rings. The van der Waals surface area contributed by atoms with Crippen molar-refractivity contribution in [3.63, 3.8) is 0 Å². The van der Waals surface area contributed by atoms with Crippen molar-refractivity contribution in [1.82, 2.24) is 4.98 Å². The van der Waals surface area contributed by atoms with E-state index >= 15 is 0 Å². The third-order valence-corrected chi connectivity index (χ3v) is 4.37. The number of aromatic nitrogens is 1. The summed E-state index contributed by atoms with van der Waals surface area (Å²) in [6, 6.07) is 1.42. The number of rotatable bonds is 3. The number of carbonyl (C=O) groups is 1. The molecule has 1 aliphatic heterocycles. The maximum Gasteiger partial charge on any atom is 0.337 e. The lowest BCUT2D eigenvalue weighted by Gasteiger charge is -2.21. The van der Waals surface area contributed by atoms with E-state index in [1.165, 1.54) is 24.0 Å². The van der Waals surface area contributed by atoms with Gasteiger partial charge in [0.2, 0.25) is 0 Å². The second kappa shape index (κ2) is 5.71. The van der Waals surface area contributed by atoms with E-state index < -0.39 is 5.97 Å². The Morgan fingerprint density at radius 1 is 1.53 bits per heavy atom. The van der Waals surface area contributed by atoms with Crippen LogP contribution >= 0.6 is 23.4 Å². The fourth-order valence-electron chi connectivity index (χ4n) is 1.62. The van der Waals surface area contributed by atoms with Gasteiger partial charge in [-0.05, 0) is 18.9 Å². The summed E-state index contributed by atoms with van der Waals surface area (Å²) in [5, 5.41) is 10.2. The second-order valence-electron chi connectivity index (χ2n) is 3.71. The standard InChI is InChI=1S/C11H12ClNO3S/c12-9-8(11(14)15)1-4-13-10(9)17-7-2-5-16-6-3-7/h1,4,7H,2-3,5-6H2,(H,14,15). The van der Waals surface area contributed by atoms with E-state index in [-0.39, 0.29) is 10.6 Å². The van der Waals surface area contributed by atoms with Gasteiger partial charge in [0, 0.05) is 24.7 Å². The molecule has 0 amide bonds. The predicted octanol–water partition coefficient (Wildman–Crippen LogP) is 2.70. The first-order chi connectivity index (χ1) is 8.18. The Kier molecular flexibility index (Phi) is 4.25. The van der Waals surface area contributed by atoms with E-state index in [4.69, 9.17) is 21.4 Å². The van der Waals surface area contributed by atoms with Crippen LogP contribution in [0.25, 0.3) is 0 Å². The van der Waals surface area contributed by atoms with E-state index in [1.54, 1.807) is 0 Å². The number of carboxylic acid groups (broad SMARTS) is 1. The number of aromatic carboxylic acids is 1. The van der Waals surface area contributed by atoms with E-state index in [2.05, 4.69) is 4.98 Å². The molecule has 6 heteroatoms. The zero-order chi connectivity index (χ0) is 12.3. The Labute approximate surface area is 108 Å². The molecule has 0 bridgehead atoms. The molecular weight excluding hydrogens is 262 g/mol. The van der Waals surface area contributed by atoms with Crippen LogP contribution < -0.4 is 0 Å². The van der Waals surface area contributed by atoms with Gasteiger partial charge in [-0.3, -0.25) is 0 Å². The van der Waals surface area contributed by atoms with Crippen molar-refractivity contribution >= 4 is 29.3 Å². The second-order valence-corrected chi connectivity index (χ2v) is 5.38. The lowest BCUT2D eigenvalue weighted by Crippen LogP contribution is -2.17. The summed E-state index contributed by atoms with van der Waals surface area (Å²) in [6.07, 6.45) is 3.37. The van der Waals surface area contributed by atoms with E-state index in [0.29, 0.717) is 10.3 Å². The van der Waals surface area contributed by atoms with E-state index in [0.717, 1.165) is 26.1 Å². The monoisotopic (exact) mass is 273 g/mol. The zero-order valence-corrected chi connectivity index (χ0v) is 10.6. The maximum atomic E-state index is 10.9. The van der Waals surface area contributed by atoms with Crippen LogP contribution in [0.15, 0.2) is 17.3 Å². The lowest BCUT2D eigenvalue weighted by molar-refractivity contribution is 0.0696. The van der Waals surface area contributed by atoms with Gasteiger partial charge in [0.15, 0.2) is 0 Å². The molecule has 0 aliphatic carbocycles. The van der Waals surface area contributed by atoms with Crippen LogP contribution in [0.5, 0.6) is 0 Å². The molecule has 0 radical (unpaired) electrons. The van der Waals surface area contributed by atoms with Crippen molar-refractivity contribution < 1.29 is 14.6 Å². The minimum atomic E-state index is -1.02. The molecule has 0 saturated carbocycles. The summed E-state index contributed by atoms with van der Waals surface area (Å²) in [7, 11) is 0. The van der Waals surface area contributed by atoms with E-state index in [9.17, 15) is 4.79 Å². The van der Waals surface area contributed by atoms with Gasteiger partial charge in [-0.1, -0.05) is 11.6 Å². The summed E-state index contributed by atoms with van der Waals surface area (Å²) in [6.45, 7) is 1.49. The predicted molar refractivity (Wildman–Crippen MR) is 65.9 cm³/mol. The van der Waals surface area contributed by atoms with Gasteiger partial charge in [0.1, 0.15) is 5.03 Å². The van der Waals surface area contributed by atoms with Gasteiger partial charge >= 0.3 is 5.97 Å². The lowest BCUT2D eigenvalue weighted by atomic mass is 10.2. The van der Waals surface area contributed by atoms with Crippen LogP contribution in [0.4, 0.5) is 0 Å². The number of carboxylic acids is 1. The van der Waals surface area contributed by atoms with Crippen LogP contribution in [-0.4, -0.2) is 34.5 Å². The number of pyridine rings is 1. The molecule has 4 nitrogen and oxygen atoms in total. The summed E-state index contributed by atoms with van der Waals surface area (Å²) >= 11 is 7.56. The Hall–Kier alpha value is -0.780. The summed E-state index contributed by atoms with van der Waals surface area (Å²) in [5.41, 5.74) is 0.108. The number of hydrogen-bond acceptors (Lipinski definition) is 4. The maximum absolute atomic E-state index is 10.9. The molecule has 2 heterocycles. The van der Waals surface area contributed by atoms with Gasteiger partial charge in [-0.25, -0.2) is 9.78 Å². The molecule has 0 atom stereocenters. The Balaban J connectivity index is 2.15. The van der Waals surface area contributed by atoms with Crippen molar-refractivity contribution in [2.24, 2.45) is 0 Å². The molecule has 1 aromatic rings. The number of ether oxygens (including phenoxy) is 1. The largest absolute Gasteiger partial charge is 0.478 e. The molecule has 1 aromatic heterocycles. The molecule has 92 valence electrons. The van der Waals surface area contributed by atoms with Gasteiger partial charge in [-0.15, -0.1) is 11.8 Å². The Morgan fingerprint density at radius 3 is 2.88 bits per heavy atom. The minimum Gasteiger partial charge on any atom is -0.478 e. The van der Waals surface area contributed by atoms with Gasteiger partial charge in [0.05, 0.1) is 10.6 Å². The number of nitrogens with zero attached hydrogens (tertiary/aromatic N) is 1. The quantitative estimate of drug-likeness (QED) is 0.918. The normalized spacial score (nSPS) is 17.0. The average Bonchev–Trinajstić information content (AvgIpc) is 2.33. The number of thioether (sulfide) groups is 1. The summed E-state index contributed by atoms with van der Waals surface area (Å²) in [4.78, 5) is 15.1. The first-order valence-electron chi connectivity index (χ1n) is 5.30. The van der Waals surface area contributed by atoms with Crippen LogP contribution in [-0.2, 0) is 4.74 Å². The molecule has 1 aliphatic rings. The fourth-order valence-corrected chi connectivity index (χ4v) is 3.03. The summed E-state index contributed by atoms with van der Waals surface area (Å²) in [5.74, 6) is -1.02. The van der Waals surface area contributed by atoms with E-state index in [1.807, 2.05) is 0 Å². The van der Waals surface area contributed by atoms with Crippen molar-refractivity contribution in [2.75, 3.05) is 13.2 Å². The molecule has 0 aromatic carbocycles. The fraction of sp³-hybridized carbons (Fsp3) is 0.455. The van der Waals surface area contributed by atoms with Gasteiger partial charge in [-0.2, -0.15) is 0 Å². The smallest absolute Gasteiger partial charge is 0.337 e. The highest BCUT2D eigenvalue weighted by Crippen LogP contribution is 2.34. The van der Waals surface area contributed by atoms with Crippen molar-refractivity contribution in [3.8, 4) is 0 Å². The molecule has 17 heavy (non-hydrogen) atoms. The average molecular weight is 274 g/mol. The topological polar surface area (TPSA) is 59.4 Å². The van der Waals surface area contributed by atoms with Crippen molar-refractivity contribution in [2.45, 2.75) is 23.1 Å². The molecule has 0 spiro atoms. The number of halogens is 1. The first-order valence-corrected chi connectivity index (χ1v) is 6.56. The zero-order valence-electron chi connectivity index (χ0n) is 9.06. The molecule has 2 rings (SSSR count). The molecular formula is C11H12ClNO3S. The van der Waals surface area contributed by atoms with Crippen LogP contribution in [0.3, 0.4) is 0 Å². The highest BCUT2D eigenvalue weighted by molar-refractivity contribution is 8.00. The minimum absolute atomic E-state index is 0.108. The van der Waals surface area contributed by atoms with Crippen molar-refractivity contribution in [3.05, 3.63) is 22.8 Å². The van der Waals surface area contributed by atoms with Crippen LogP contribution in [0.2, 0.25) is 5.02 Å². The van der Waals surface area contributed by atoms with Crippen LogP contribution in [0.1, 0.15) is 23.2 Å². The van der Waals surface area contributed by atoms with Crippen molar-refractivity contribution in [1.29, 1.82) is 0 Å². The Bertz CT molecular complexity index is 421. The van der Waals surface area contributed by atoms with Crippen LogP contribution in [0, 0.1) is 0 Å². The third-order valence-electron chi connectivity index (χ3n) is 2.53. The summed E-state index contributed by atoms with van der Waals surface area (Å²) < 4.78 is 5.27.